The van der Waals surface area contributed by atoms with Gasteiger partial charge >= 0.3 is 0 Å². The van der Waals surface area contributed by atoms with E-state index in [0.29, 0.717) is 18.0 Å². The molecule has 1 aliphatic rings. The fourth-order valence-corrected chi connectivity index (χ4v) is 2.60. The van der Waals surface area contributed by atoms with E-state index >= 15 is 0 Å². The molecular formula is C13H20N2O3S. The molecule has 19 heavy (non-hydrogen) atoms. The second-order valence-corrected chi connectivity index (χ2v) is 7.29. The summed E-state index contributed by atoms with van der Waals surface area (Å²) in [6.07, 6.45) is 2.19. The van der Waals surface area contributed by atoms with E-state index in [1.165, 1.54) is 0 Å². The molecule has 1 aromatic carbocycles. The summed E-state index contributed by atoms with van der Waals surface area (Å²) in [5, 5.41) is 0. The van der Waals surface area contributed by atoms with Gasteiger partial charge in [-0.1, -0.05) is 6.92 Å². The molecule has 106 valence electrons. The predicted octanol–water partition coefficient (Wildman–Crippen LogP) is 1.37. The summed E-state index contributed by atoms with van der Waals surface area (Å²) in [6, 6.07) is 6.88. The molecule has 1 saturated carbocycles. The van der Waals surface area contributed by atoms with Crippen LogP contribution in [0.25, 0.3) is 0 Å². The standard InChI is InChI=1S/C13H20N2O3S/c1-13(6-7-13)10-15-19(16,17)9-8-18-12-4-2-11(14)3-5-12/h2-5,15H,6-10,14H2,1H3. The van der Waals surface area contributed by atoms with Crippen LogP contribution in [0.2, 0.25) is 0 Å². The molecule has 5 nitrogen and oxygen atoms in total. The van der Waals surface area contributed by atoms with Crippen molar-refractivity contribution in [3.8, 4) is 5.75 Å². The Morgan fingerprint density at radius 1 is 1.32 bits per heavy atom. The van der Waals surface area contributed by atoms with Gasteiger partial charge in [0.15, 0.2) is 0 Å². The van der Waals surface area contributed by atoms with Crippen molar-refractivity contribution in [1.29, 1.82) is 0 Å². The van der Waals surface area contributed by atoms with Gasteiger partial charge < -0.3 is 10.5 Å². The Bertz CT molecular complexity index is 521. The molecule has 0 saturated heterocycles. The average Bonchev–Trinajstić information content (AvgIpc) is 3.09. The number of ether oxygens (including phenoxy) is 1. The zero-order chi connectivity index (χ0) is 13.9. The van der Waals surface area contributed by atoms with E-state index in [2.05, 4.69) is 11.6 Å². The van der Waals surface area contributed by atoms with Crippen LogP contribution in [0.4, 0.5) is 5.69 Å². The minimum Gasteiger partial charge on any atom is -0.492 e. The molecular weight excluding hydrogens is 264 g/mol. The van der Waals surface area contributed by atoms with Crippen LogP contribution in [0.3, 0.4) is 0 Å². The Balaban J connectivity index is 1.73. The first-order valence-electron chi connectivity index (χ1n) is 6.34. The van der Waals surface area contributed by atoms with Crippen molar-refractivity contribution in [2.24, 2.45) is 5.41 Å². The highest BCUT2D eigenvalue weighted by Gasteiger charge is 2.37. The number of anilines is 1. The summed E-state index contributed by atoms with van der Waals surface area (Å²) in [5.74, 6) is 0.589. The van der Waals surface area contributed by atoms with Crippen molar-refractivity contribution in [2.45, 2.75) is 19.8 Å². The van der Waals surface area contributed by atoms with Crippen LogP contribution in [0.5, 0.6) is 5.75 Å². The number of nitrogens with two attached hydrogens (primary N) is 1. The topological polar surface area (TPSA) is 81.4 Å². The van der Waals surface area contributed by atoms with Gasteiger partial charge in [0.2, 0.25) is 10.0 Å². The molecule has 0 bridgehead atoms. The van der Waals surface area contributed by atoms with Gasteiger partial charge in [-0.3, -0.25) is 0 Å². The van der Waals surface area contributed by atoms with Crippen molar-refractivity contribution in [3.63, 3.8) is 0 Å². The van der Waals surface area contributed by atoms with E-state index in [9.17, 15) is 8.42 Å². The van der Waals surface area contributed by atoms with Gasteiger partial charge in [-0.2, -0.15) is 0 Å². The van der Waals surface area contributed by atoms with Gasteiger partial charge in [0.1, 0.15) is 12.4 Å². The molecule has 3 N–H and O–H groups in total. The van der Waals surface area contributed by atoms with E-state index in [0.717, 1.165) is 12.8 Å². The third-order valence-electron chi connectivity index (χ3n) is 3.32. The quantitative estimate of drug-likeness (QED) is 0.741. The van der Waals surface area contributed by atoms with E-state index in [1.54, 1.807) is 24.3 Å². The van der Waals surface area contributed by atoms with Gasteiger partial charge in [-0.15, -0.1) is 0 Å². The van der Waals surface area contributed by atoms with Gasteiger partial charge in [-0.05, 0) is 42.5 Å². The summed E-state index contributed by atoms with van der Waals surface area (Å²) >= 11 is 0. The lowest BCUT2D eigenvalue weighted by atomic mass is 10.2. The van der Waals surface area contributed by atoms with Crippen LogP contribution in [0.1, 0.15) is 19.8 Å². The Kier molecular flexibility index (Phi) is 4.01. The second-order valence-electron chi connectivity index (χ2n) is 5.37. The molecule has 0 aromatic heterocycles. The van der Waals surface area contributed by atoms with Crippen LogP contribution in [-0.2, 0) is 10.0 Å². The highest BCUT2D eigenvalue weighted by molar-refractivity contribution is 7.89. The van der Waals surface area contributed by atoms with Crippen LogP contribution >= 0.6 is 0 Å². The molecule has 0 amide bonds. The van der Waals surface area contributed by atoms with E-state index in [4.69, 9.17) is 10.5 Å². The third kappa shape index (κ3) is 4.72. The molecule has 0 aliphatic heterocycles. The number of hydrogen-bond donors (Lipinski definition) is 2. The summed E-state index contributed by atoms with van der Waals surface area (Å²) in [6.45, 7) is 2.74. The Labute approximate surface area is 114 Å². The zero-order valence-electron chi connectivity index (χ0n) is 11.1. The number of rotatable bonds is 7. The lowest BCUT2D eigenvalue weighted by molar-refractivity contribution is 0.340. The normalized spacial score (nSPS) is 17.1. The van der Waals surface area contributed by atoms with Crippen molar-refractivity contribution >= 4 is 15.7 Å². The van der Waals surface area contributed by atoms with Crippen molar-refractivity contribution in [1.82, 2.24) is 4.72 Å². The Hall–Kier alpha value is -1.27. The number of nitrogen functional groups attached to an aromatic ring is 1. The van der Waals surface area contributed by atoms with Gasteiger partial charge in [0.25, 0.3) is 0 Å². The maximum Gasteiger partial charge on any atom is 0.214 e. The third-order valence-corrected chi connectivity index (χ3v) is 4.61. The number of benzene rings is 1. The molecule has 1 aromatic rings. The molecule has 0 heterocycles. The summed E-state index contributed by atoms with van der Waals surface area (Å²) in [5.41, 5.74) is 6.37. The summed E-state index contributed by atoms with van der Waals surface area (Å²) < 4.78 is 31.5. The lowest BCUT2D eigenvalue weighted by Crippen LogP contribution is -2.33. The molecule has 1 fully saturated rings. The SMILES string of the molecule is CC1(CNS(=O)(=O)CCOc2ccc(N)cc2)CC1. The second kappa shape index (κ2) is 5.38. The highest BCUT2D eigenvalue weighted by Crippen LogP contribution is 2.44. The summed E-state index contributed by atoms with van der Waals surface area (Å²) in [7, 11) is -3.25. The van der Waals surface area contributed by atoms with Crippen molar-refractivity contribution in [3.05, 3.63) is 24.3 Å². The largest absolute Gasteiger partial charge is 0.492 e. The van der Waals surface area contributed by atoms with Crippen molar-refractivity contribution in [2.75, 3.05) is 24.6 Å². The van der Waals surface area contributed by atoms with Crippen LogP contribution in [0, 0.1) is 5.41 Å². The minimum absolute atomic E-state index is 0.0343. The van der Waals surface area contributed by atoms with Gasteiger partial charge in [0.05, 0.1) is 5.75 Å². The molecule has 6 heteroatoms. The van der Waals surface area contributed by atoms with Crippen molar-refractivity contribution < 1.29 is 13.2 Å². The first-order chi connectivity index (χ1) is 8.89. The van der Waals surface area contributed by atoms with Crippen LogP contribution < -0.4 is 15.2 Å². The molecule has 0 atom stereocenters. The lowest BCUT2D eigenvalue weighted by Gasteiger charge is -2.11. The molecule has 0 spiro atoms. The van der Waals surface area contributed by atoms with Crippen LogP contribution in [-0.4, -0.2) is 27.3 Å². The first kappa shape index (κ1) is 14.1. The minimum atomic E-state index is -3.25. The maximum atomic E-state index is 11.7. The average molecular weight is 284 g/mol. The summed E-state index contributed by atoms with van der Waals surface area (Å²) in [4.78, 5) is 0. The molecule has 2 rings (SSSR count). The fraction of sp³-hybridized carbons (Fsp3) is 0.538. The monoisotopic (exact) mass is 284 g/mol. The van der Waals surface area contributed by atoms with E-state index in [-0.39, 0.29) is 17.8 Å². The molecule has 0 radical (unpaired) electrons. The molecule has 0 unspecified atom stereocenters. The van der Waals surface area contributed by atoms with Crippen LogP contribution in [0.15, 0.2) is 24.3 Å². The van der Waals surface area contributed by atoms with E-state index < -0.39 is 10.0 Å². The molecule has 1 aliphatic carbocycles. The zero-order valence-corrected chi connectivity index (χ0v) is 11.9. The van der Waals surface area contributed by atoms with Gasteiger partial charge in [0, 0.05) is 12.2 Å². The van der Waals surface area contributed by atoms with Gasteiger partial charge in [-0.25, -0.2) is 13.1 Å². The first-order valence-corrected chi connectivity index (χ1v) is 8.00. The smallest absolute Gasteiger partial charge is 0.214 e. The van der Waals surface area contributed by atoms with E-state index in [1.807, 2.05) is 0 Å². The Morgan fingerprint density at radius 2 is 1.95 bits per heavy atom. The number of hydrogen-bond acceptors (Lipinski definition) is 4. The number of sulfonamides is 1. The Morgan fingerprint density at radius 3 is 2.53 bits per heavy atom. The fourth-order valence-electron chi connectivity index (χ4n) is 1.58. The number of nitrogens with one attached hydrogen (secondary N) is 1. The highest BCUT2D eigenvalue weighted by atomic mass is 32.2. The maximum absolute atomic E-state index is 11.7. The predicted molar refractivity (Wildman–Crippen MR) is 75.5 cm³/mol.